The van der Waals surface area contributed by atoms with Gasteiger partial charge < -0.3 is 10.4 Å². The predicted octanol–water partition coefficient (Wildman–Crippen LogP) is 2.29. The molecule has 3 N–H and O–H groups in total. The van der Waals surface area contributed by atoms with Crippen molar-refractivity contribution < 1.29 is 13.5 Å². The highest BCUT2D eigenvalue weighted by Crippen LogP contribution is 2.19. The molecule has 0 fully saturated rings. The summed E-state index contributed by atoms with van der Waals surface area (Å²) in [5.41, 5.74) is 2.85. The highest BCUT2D eigenvalue weighted by Gasteiger charge is 2.15. The number of benzene rings is 2. The van der Waals surface area contributed by atoms with E-state index in [9.17, 15) is 13.5 Å². The molecule has 0 bridgehead atoms. The van der Waals surface area contributed by atoms with Gasteiger partial charge in [0.05, 0.1) is 11.0 Å². The van der Waals surface area contributed by atoms with Crippen molar-refractivity contribution in [2.45, 2.75) is 30.9 Å². The van der Waals surface area contributed by atoms with Gasteiger partial charge in [0.15, 0.2) is 0 Å². The van der Waals surface area contributed by atoms with Crippen molar-refractivity contribution in [2.24, 2.45) is 0 Å². The molecule has 0 spiro atoms. The second-order valence-corrected chi connectivity index (χ2v) is 7.72. The average molecular weight is 348 g/mol. The number of hydrogen-bond acceptors (Lipinski definition) is 4. The predicted molar refractivity (Wildman–Crippen MR) is 95.2 cm³/mol. The summed E-state index contributed by atoms with van der Waals surface area (Å²) in [4.78, 5) is 0.232. The molecule has 0 aliphatic heterocycles. The second-order valence-electron chi connectivity index (χ2n) is 5.84. The van der Waals surface area contributed by atoms with E-state index < -0.39 is 16.1 Å². The molecule has 24 heavy (non-hydrogen) atoms. The Morgan fingerprint density at radius 2 is 1.75 bits per heavy atom. The first kappa shape index (κ1) is 18.6. The zero-order chi connectivity index (χ0) is 17.7. The summed E-state index contributed by atoms with van der Waals surface area (Å²) in [6, 6.07) is 14.4. The van der Waals surface area contributed by atoms with Gasteiger partial charge in [-0.3, -0.25) is 0 Å². The van der Waals surface area contributed by atoms with Crippen LogP contribution in [0, 0.1) is 6.92 Å². The van der Waals surface area contributed by atoms with Crippen LogP contribution in [0.4, 0.5) is 0 Å². The molecule has 2 atom stereocenters. The van der Waals surface area contributed by atoms with Gasteiger partial charge in [-0.2, -0.15) is 0 Å². The van der Waals surface area contributed by atoms with Crippen LogP contribution in [0.1, 0.15) is 35.8 Å². The zero-order valence-corrected chi connectivity index (χ0v) is 15.0. The lowest BCUT2D eigenvalue weighted by molar-refractivity contribution is 0.171. The maximum atomic E-state index is 11.9. The lowest BCUT2D eigenvalue weighted by Crippen LogP contribution is -2.25. The number of aryl methyl sites for hydroxylation is 1. The summed E-state index contributed by atoms with van der Waals surface area (Å²) in [5.74, 6) is 0. The van der Waals surface area contributed by atoms with Crippen molar-refractivity contribution >= 4 is 10.0 Å². The molecule has 0 radical (unpaired) electrons. The van der Waals surface area contributed by atoms with Crippen molar-refractivity contribution in [3.63, 3.8) is 0 Å². The Kier molecular flexibility index (Phi) is 6.12. The van der Waals surface area contributed by atoms with Crippen molar-refractivity contribution in [3.05, 3.63) is 65.2 Å². The van der Waals surface area contributed by atoms with Crippen LogP contribution in [0.15, 0.2) is 53.4 Å². The lowest BCUT2D eigenvalue weighted by Gasteiger charge is -2.18. The van der Waals surface area contributed by atoms with Crippen LogP contribution >= 0.6 is 0 Å². The quantitative estimate of drug-likeness (QED) is 0.717. The van der Waals surface area contributed by atoms with E-state index in [0.717, 1.165) is 16.7 Å². The Bertz CT molecular complexity index is 773. The third-order valence-electron chi connectivity index (χ3n) is 4.02. The van der Waals surface area contributed by atoms with Gasteiger partial charge in [0.2, 0.25) is 10.0 Å². The van der Waals surface area contributed by atoms with Crippen LogP contribution in [0.2, 0.25) is 0 Å². The van der Waals surface area contributed by atoms with Gasteiger partial charge >= 0.3 is 0 Å². The summed E-state index contributed by atoms with van der Waals surface area (Å²) in [6.45, 7) is 4.32. The molecule has 2 rings (SSSR count). The Morgan fingerprint density at radius 1 is 1.08 bits per heavy atom. The molecule has 0 aromatic heterocycles. The molecular weight excluding hydrogens is 324 g/mol. The summed E-state index contributed by atoms with van der Waals surface area (Å²) in [5, 5.41) is 13.5. The SMILES string of the molecule is CNS(=O)(=O)c1cccc(C(C)NCC(O)c2ccc(C)cc2)c1. The minimum atomic E-state index is -3.46. The van der Waals surface area contributed by atoms with E-state index in [0.29, 0.717) is 6.54 Å². The molecule has 2 aromatic rings. The highest BCUT2D eigenvalue weighted by molar-refractivity contribution is 7.89. The van der Waals surface area contributed by atoms with Gasteiger partial charge in [-0.15, -0.1) is 0 Å². The van der Waals surface area contributed by atoms with Crippen LogP contribution in [-0.2, 0) is 10.0 Å². The van der Waals surface area contributed by atoms with E-state index in [4.69, 9.17) is 0 Å². The lowest BCUT2D eigenvalue weighted by atomic mass is 10.1. The fourth-order valence-corrected chi connectivity index (χ4v) is 3.17. The largest absolute Gasteiger partial charge is 0.387 e. The first-order valence-corrected chi connectivity index (χ1v) is 9.33. The van der Waals surface area contributed by atoms with Gasteiger partial charge in [0.25, 0.3) is 0 Å². The molecular formula is C18H24N2O3S. The normalized spacial score (nSPS) is 14.3. The number of nitrogens with one attached hydrogen (secondary N) is 2. The van der Waals surface area contributed by atoms with Crippen LogP contribution < -0.4 is 10.0 Å². The monoisotopic (exact) mass is 348 g/mol. The molecule has 0 aliphatic rings. The maximum Gasteiger partial charge on any atom is 0.240 e. The minimum Gasteiger partial charge on any atom is -0.387 e. The second kappa shape index (κ2) is 7.90. The standard InChI is InChI=1S/C18H24N2O3S/c1-13-7-9-15(10-8-13)18(21)12-20-14(2)16-5-4-6-17(11-16)24(22,23)19-3/h4-11,14,18-21H,12H2,1-3H3. The third-order valence-corrected chi connectivity index (χ3v) is 5.43. The fraction of sp³-hybridized carbons (Fsp3) is 0.333. The zero-order valence-electron chi connectivity index (χ0n) is 14.2. The third kappa shape index (κ3) is 4.64. The minimum absolute atomic E-state index is 0.0860. The van der Waals surface area contributed by atoms with Gasteiger partial charge in [0, 0.05) is 12.6 Å². The van der Waals surface area contributed by atoms with Crippen LogP contribution in [-0.4, -0.2) is 27.1 Å². The van der Waals surface area contributed by atoms with E-state index in [1.165, 1.54) is 7.05 Å². The van der Waals surface area contributed by atoms with E-state index in [-0.39, 0.29) is 10.9 Å². The van der Waals surface area contributed by atoms with Crippen LogP contribution in [0.3, 0.4) is 0 Å². The van der Waals surface area contributed by atoms with E-state index in [1.807, 2.05) is 44.2 Å². The number of aliphatic hydroxyl groups excluding tert-OH is 1. The van der Waals surface area contributed by atoms with E-state index in [2.05, 4.69) is 10.0 Å². The number of rotatable bonds is 7. The average Bonchev–Trinajstić information content (AvgIpc) is 2.60. The van der Waals surface area contributed by atoms with Crippen molar-refractivity contribution in [1.29, 1.82) is 0 Å². The molecule has 0 heterocycles. The molecule has 2 aromatic carbocycles. The number of hydrogen-bond donors (Lipinski definition) is 3. The van der Waals surface area contributed by atoms with Crippen LogP contribution in [0.5, 0.6) is 0 Å². The summed E-state index contributed by atoms with van der Waals surface area (Å²) < 4.78 is 26.1. The summed E-state index contributed by atoms with van der Waals surface area (Å²) in [6.07, 6.45) is -0.614. The molecule has 0 saturated heterocycles. The first-order chi connectivity index (χ1) is 11.3. The Morgan fingerprint density at radius 3 is 2.38 bits per heavy atom. The Hall–Kier alpha value is -1.73. The van der Waals surface area contributed by atoms with Gasteiger partial charge in [-0.1, -0.05) is 42.0 Å². The fourth-order valence-electron chi connectivity index (χ4n) is 2.38. The maximum absolute atomic E-state index is 11.9. The molecule has 130 valence electrons. The molecule has 0 amide bonds. The summed E-state index contributed by atoms with van der Waals surface area (Å²) >= 11 is 0. The smallest absolute Gasteiger partial charge is 0.240 e. The molecule has 2 unspecified atom stereocenters. The highest BCUT2D eigenvalue weighted by atomic mass is 32.2. The van der Waals surface area contributed by atoms with Crippen molar-refractivity contribution in [3.8, 4) is 0 Å². The van der Waals surface area contributed by atoms with Gasteiger partial charge in [-0.05, 0) is 44.2 Å². The van der Waals surface area contributed by atoms with E-state index >= 15 is 0 Å². The van der Waals surface area contributed by atoms with E-state index in [1.54, 1.807) is 18.2 Å². The van der Waals surface area contributed by atoms with Crippen molar-refractivity contribution in [1.82, 2.24) is 10.0 Å². The molecule has 5 nitrogen and oxygen atoms in total. The molecule has 0 saturated carbocycles. The van der Waals surface area contributed by atoms with Gasteiger partial charge in [0.1, 0.15) is 0 Å². The van der Waals surface area contributed by atoms with Crippen LogP contribution in [0.25, 0.3) is 0 Å². The van der Waals surface area contributed by atoms with Crippen molar-refractivity contribution in [2.75, 3.05) is 13.6 Å². The first-order valence-electron chi connectivity index (χ1n) is 7.85. The molecule has 0 aliphatic carbocycles. The van der Waals surface area contributed by atoms with Gasteiger partial charge in [-0.25, -0.2) is 13.1 Å². The molecule has 6 heteroatoms. The summed E-state index contributed by atoms with van der Waals surface area (Å²) in [7, 11) is -2.07. The topological polar surface area (TPSA) is 78.4 Å². The number of aliphatic hydroxyl groups is 1. The number of sulfonamides is 1. The Balaban J connectivity index is 2.03. The Labute approximate surface area is 143 Å².